The molecule has 0 atom stereocenters. The van der Waals surface area contributed by atoms with Crippen molar-refractivity contribution in [3.63, 3.8) is 0 Å². The number of oxazole rings is 1. The predicted octanol–water partition coefficient (Wildman–Crippen LogP) is 1.14. The third kappa shape index (κ3) is 1.59. The summed E-state index contributed by atoms with van der Waals surface area (Å²) >= 11 is 1.45. The highest BCUT2D eigenvalue weighted by Gasteiger charge is 1.97. The first-order valence-electron chi connectivity index (χ1n) is 3.32. The van der Waals surface area contributed by atoms with E-state index in [4.69, 9.17) is 4.42 Å². The summed E-state index contributed by atoms with van der Waals surface area (Å²) < 4.78 is 5.01. The Hall–Kier alpha value is -1.43. The molecule has 2 rings (SSSR count). The molecule has 0 aromatic carbocycles. The first-order valence-corrected chi connectivity index (χ1v) is 4.20. The second-order valence-corrected chi connectivity index (χ2v) is 2.90. The van der Waals surface area contributed by atoms with Gasteiger partial charge >= 0.3 is 0 Å². The topological polar surface area (TPSA) is 63.8 Å². The fourth-order valence-corrected chi connectivity index (χ4v) is 1.19. The van der Waals surface area contributed by atoms with Crippen LogP contribution < -0.4 is 5.32 Å². The van der Waals surface area contributed by atoms with Crippen molar-refractivity contribution < 1.29 is 4.42 Å². The van der Waals surface area contributed by atoms with Crippen molar-refractivity contribution >= 4 is 16.5 Å². The Balaban J connectivity index is 1.91. The van der Waals surface area contributed by atoms with Gasteiger partial charge < -0.3 is 9.73 Å². The predicted molar refractivity (Wildman–Crippen MR) is 43.7 cm³/mol. The molecule has 12 heavy (non-hydrogen) atoms. The van der Waals surface area contributed by atoms with Gasteiger partial charge in [-0.15, -0.1) is 10.2 Å². The fourth-order valence-electron chi connectivity index (χ4n) is 0.742. The van der Waals surface area contributed by atoms with Gasteiger partial charge in [-0.3, -0.25) is 0 Å². The second-order valence-electron chi connectivity index (χ2n) is 2.07. The highest BCUT2D eigenvalue weighted by Crippen LogP contribution is 2.09. The number of nitrogens with zero attached hydrogens (tertiary/aromatic N) is 3. The molecule has 0 amide bonds. The van der Waals surface area contributed by atoms with E-state index in [2.05, 4.69) is 20.5 Å². The Morgan fingerprint density at radius 3 is 3.25 bits per heavy atom. The van der Waals surface area contributed by atoms with E-state index in [9.17, 15) is 0 Å². The molecule has 5 nitrogen and oxygen atoms in total. The quantitative estimate of drug-likeness (QED) is 0.771. The van der Waals surface area contributed by atoms with Crippen molar-refractivity contribution in [3.05, 3.63) is 23.9 Å². The van der Waals surface area contributed by atoms with Crippen LogP contribution in [-0.4, -0.2) is 15.2 Å². The van der Waals surface area contributed by atoms with Crippen LogP contribution in [0.5, 0.6) is 0 Å². The first kappa shape index (κ1) is 7.23. The largest absolute Gasteiger partial charge is 0.447 e. The molecule has 2 aromatic heterocycles. The summed E-state index contributed by atoms with van der Waals surface area (Å²) in [4.78, 5) is 3.78. The molecule has 0 aliphatic carbocycles. The number of nitrogens with one attached hydrogen (secondary N) is 1. The van der Waals surface area contributed by atoms with Gasteiger partial charge in [0.1, 0.15) is 11.3 Å². The zero-order valence-corrected chi connectivity index (χ0v) is 6.91. The van der Waals surface area contributed by atoms with Crippen LogP contribution in [-0.2, 0) is 6.54 Å². The molecular formula is C6H6N4OS. The summed E-state index contributed by atoms with van der Waals surface area (Å²) in [6, 6.07) is 0. The van der Waals surface area contributed by atoms with Gasteiger partial charge in [0, 0.05) is 0 Å². The van der Waals surface area contributed by atoms with Gasteiger partial charge in [-0.1, -0.05) is 11.3 Å². The van der Waals surface area contributed by atoms with Crippen LogP contribution in [0.2, 0.25) is 0 Å². The maximum absolute atomic E-state index is 5.01. The average molecular weight is 182 g/mol. The van der Waals surface area contributed by atoms with Crippen LogP contribution in [0.25, 0.3) is 0 Å². The number of aromatic nitrogens is 3. The van der Waals surface area contributed by atoms with Crippen LogP contribution in [0, 0.1) is 0 Å². The molecule has 0 unspecified atom stereocenters. The lowest BCUT2D eigenvalue weighted by Crippen LogP contribution is -1.97. The van der Waals surface area contributed by atoms with E-state index in [-0.39, 0.29) is 0 Å². The Labute approximate surface area is 72.5 Å². The molecule has 2 heterocycles. The highest BCUT2D eigenvalue weighted by atomic mass is 32.1. The van der Waals surface area contributed by atoms with E-state index in [0.29, 0.717) is 6.54 Å². The summed E-state index contributed by atoms with van der Waals surface area (Å²) in [5.41, 5.74) is 1.67. The lowest BCUT2D eigenvalue weighted by Gasteiger charge is -1.95. The minimum absolute atomic E-state index is 0.592. The molecule has 6 heteroatoms. The van der Waals surface area contributed by atoms with Crippen molar-refractivity contribution in [1.82, 2.24) is 15.2 Å². The Morgan fingerprint density at radius 1 is 1.58 bits per heavy atom. The average Bonchev–Trinajstić information content (AvgIpc) is 2.74. The molecule has 1 N–H and O–H groups in total. The smallest absolute Gasteiger partial charge is 0.205 e. The van der Waals surface area contributed by atoms with E-state index in [1.54, 1.807) is 11.7 Å². The van der Waals surface area contributed by atoms with E-state index < -0.39 is 0 Å². The minimum Gasteiger partial charge on any atom is -0.447 e. The third-order valence-corrected chi connectivity index (χ3v) is 1.91. The maximum atomic E-state index is 5.01. The van der Waals surface area contributed by atoms with E-state index >= 15 is 0 Å². The van der Waals surface area contributed by atoms with Crippen molar-refractivity contribution in [1.29, 1.82) is 0 Å². The van der Waals surface area contributed by atoms with Crippen molar-refractivity contribution in [2.45, 2.75) is 6.54 Å². The van der Waals surface area contributed by atoms with Crippen LogP contribution in [0.1, 0.15) is 5.76 Å². The second kappa shape index (κ2) is 3.31. The molecule has 0 fully saturated rings. The molecular weight excluding hydrogens is 176 g/mol. The number of anilines is 1. The van der Waals surface area contributed by atoms with Gasteiger partial charge in [0.05, 0.1) is 12.7 Å². The Morgan fingerprint density at radius 2 is 2.58 bits per heavy atom. The van der Waals surface area contributed by atoms with Crippen LogP contribution >= 0.6 is 11.3 Å². The zero-order valence-electron chi connectivity index (χ0n) is 6.10. The van der Waals surface area contributed by atoms with Gasteiger partial charge in [-0.05, 0) is 0 Å². The van der Waals surface area contributed by atoms with E-state index in [1.165, 1.54) is 17.7 Å². The molecule has 0 radical (unpaired) electrons. The summed E-state index contributed by atoms with van der Waals surface area (Å²) in [6.45, 7) is 0.592. The van der Waals surface area contributed by atoms with Gasteiger partial charge in [0.2, 0.25) is 5.13 Å². The third-order valence-electron chi connectivity index (χ3n) is 1.26. The summed E-state index contributed by atoms with van der Waals surface area (Å²) in [6.07, 6.45) is 3.06. The standard InChI is InChI=1S/C6H6N4OS/c1-5(11-3-7-1)2-8-6-10-9-4-12-6/h1,3-4H,2H2,(H,8,10). The lowest BCUT2D eigenvalue weighted by atomic mass is 10.5. The van der Waals surface area contributed by atoms with Gasteiger partial charge in [0.15, 0.2) is 6.39 Å². The van der Waals surface area contributed by atoms with Gasteiger partial charge in [-0.25, -0.2) is 4.98 Å². The van der Waals surface area contributed by atoms with Crippen LogP contribution in [0.4, 0.5) is 5.13 Å². The number of hydrogen-bond donors (Lipinski definition) is 1. The van der Waals surface area contributed by atoms with Crippen molar-refractivity contribution in [2.75, 3.05) is 5.32 Å². The molecule has 0 saturated heterocycles. The first-order chi connectivity index (χ1) is 5.95. The van der Waals surface area contributed by atoms with Crippen LogP contribution in [0.15, 0.2) is 22.5 Å². The Kier molecular flexibility index (Phi) is 2.00. The van der Waals surface area contributed by atoms with E-state index in [1.807, 2.05) is 0 Å². The normalized spacial score (nSPS) is 10.0. The number of rotatable bonds is 3. The summed E-state index contributed by atoms with van der Waals surface area (Å²) in [5.74, 6) is 0.783. The molecule has 2 aromatic rings. The summed E-state index contributed by atoms with van der Waals surface area (Å²) in [5, 5.41) is 11.3. The van der Waals surface area contributed by atoms with Crippen molar-refractivity contribution in [2.24, 2.45) is 0 Å². The molecule has 0 spiro atoms. The van der Waals surface area contributed by atoms with Gasteiger partial charge in [0.25, 0.3) is 0 Å². The fraction of sp³-hybridized carbons (Fsp3) is 0.167. The number of hydrogen-bond acceptors (Lipinski definition) is 6. The molecule has 0 aliphatic heterocycles. The van der Waals surface area contributed by atoms with Gasteiger partial charge in [-0.2, -0.15) is 0 Å². The summed E-state index contributed by atoms with van der Waals surface area (Å²) in [7, 11) is 0. The zero-order chi connectivity index (χ0) is 8.23. The molecule has 0 aliphatic rings. The maximum Gasteiger partial charge on any atom is 0.205 e. The molecule has 0 saturated carbocycles. The van der Waals surface area contributed by atoms with Crippen LogP contribution in [0.3, 0.4) is 0 Å². The lowest BCUT2D eigenvalue weighted by molar-refractivity contribution is 0.511. The Bertz CT molecular complexity index is 283. The van der Waals surface area contributed by atoms with E-state index in [0.717, 1.165) is 10.9 Å². The minimum atomic E-state index is 0.592. The SMILES string of the molecule is c1ncc(CNc2nncs2)o1. The highest BCUT2D eigenvalue weighted by molar-refractivity contribution is 7.13. The molecule has 0 bridgehead atoms. The monoisotopic (exact) mass is 182 g/mol. The van der Waals surface area contributed by atoms with Crippen molar-refractivity contribution in [3.8, 4) is 0 Å². The molecule has 62 valence electrons.